The molecule has 0 aromatic heterocycles. The number of nitrogens with zero attached hydrogens (tertiary/aromatic N) is 1. The SMILES string of the molecule is CCCCc1ccc(C2c3cc(-c4ccccc4C)cc4c3B(c3ccc5c(c32)-c2cc3c(cc2C5(C)C)C(C)(C)CCC3(C)C)N2c3c-4cc(CCCC)cc3C3(C)CCCCC23C)c(-c2ccccc2)c1. The van der Waals surface area contributed by atoms with Gasteiger partial charge in [0.15, 0.2) is 0 Å². The molecule has 370 valence electrons. The lowest BCUT2D eigenvalue weighted by Crippen LogP contribution is -2.71. The number of rotatable bonds is 9. The first-order chi connectivity index (χ1) is 35.0. The van der Waals surface area contributed by atoms with E-state index in [-0.39, 0.29) is 40.0 Å². The van der Waals surface area contributed by atoms with Crippen LogP contribution >= 0.6 is 0 Å². The van der Waals surface area contributed by atoms with Crippen molar-refractivity contribution in [3.05, 3.63) is 183 Å². The summed E-state index contributed by atoms with van der Waals surface area (Å²) in [5, 5.41) is 0. The largest absolute Gasteiger partial charge is 0.400 e. The molecule has 0 spiro atoms. The lowest BCUT2D eigenvalue weighted by Gasteiger charge is -2.55. The summed E-state index contributed by atoms with van der Waals surface area (Å²) in [6.45, 7) is 27.6. The molecule has 3 unspecified atom stereocenters. The zero-order valence-corrected chi connectivity index (χ0v) is 46.1. The summed E-state index contributed by atoms with van der Waals surface area (Å²) in [5.41, 5.74) is 32.5. The van der Waals surface area contributed by atoms with Crippen LogP contribution in [0.3, 0.4) is 0 Å². The minimum Gasteiger partial charge on any atom is -0.400 e. The Morgan fingerprint density at radius 1 is 0.521 bits per heavy atom. The molecule has 0 amide bonds. The number of hydrogen-bond acceptors (Lipinski definition) is 1. The summed E-state index contributed by atoms with van der Waals surface area (Å²) >= 11 is 0. The maximum atomic E-state index is 3.09. The van der Waals surface area contributed by atoms with Gasteiger partial charge >= 0.3 is 6.85 Å². The predicted octanol–water partition coefficient (Wildman–Crippen LogP) is 17.4. The van der Waals surface area contributed by atoms with Gasteiger partial charge in [-0.05, 0) is 205 Å². The van der Waals surface area contributed by atoms with E-state index in [1.807, 2.05) is 0 Å². The van der Waals surface area contributed by atoms with Gasteiger partial charge in [-0.25, -0.2) is 0 Å². The summed E-state index contributed by atoms with van der Waals surface area (Å²) in [4.78, 5) is 3.09. The lowest BCUT2D eigenvalue weighted by atomic mass is 9.38. The molecule has 0 saturated heterocycles. The summed E-state index contributed by atoms with van der Waals surface area (Å²) in [6.07, 6.45) is 14.5. The fourth-order valence-electron chi connectivity index (χ4n) is 16.2. The lowest BCUT2D eigenvalue weighted by molar-refractivity contribution is 0.199. The quantitative estimate of drug-likeness (QED) is 0.130. The van der Waals surface area contributed by atoms with Crippen molar-refractivity contribution < 1.29 is 0 Å². The molecule has 1 fully saturated rings. The Morgan fingerprint density at radius 3 is 1.95 bits per heavy atom. The second kappa shape index (κ2) is 16.5. The van der Waals surface area contributed by atoms with E-state index >= 15 is 0 Å². The number of benzene rings is 7. The number of aryl methyl sites for hydroxylation is 3. The monoisotopic (exact) mass is 956 g/mol. The van der Waals surface area contributed by atoms with Gasteiger partial charge in [0, 0.05) is 33.5 Å². The van der Waals surface area contributed by atoms with Gasteiger partial charge in [0.2, 0.25) is 0 Å². The third-order valence-electron chi connectivity index (χ3n) is 20.7. The van der Waals surface area contributed by atoms with Gasteiger partial charge in [-0.15, -0.1) is 0 Å². The molecule has 7 aromatic carbocycles. The highest BCUT2D eigenvalue weighted by molar-refractivity contribution is 6.91. The topological polar surface area (TPSA) is 3.24 Å². The molecule has 0 N–H and O–H groups in total. The smallest absolute Gasteiger partial charge is 0.325 e. The van der Waals surface area contributed by atoms with Crippen LogP contribution in [0.25, 0.3) is 44.5 Å². The van der Waals surface area contributed by atoms with E-state index < -0.39 is 0 Å². The Labute approximate surface area is 439 Å². The van der Waals surface area contributed by atoms with Gasteiger partial charge < -0.3 is 4.81 Å². The Bertz CT molecular complexity index is 3420. The fourth-order valence-corrected chi connectivity index (χ4v) is 16.2. The number of fused-ring (bicyclic) bond motifs is 12. The molecule has 2 heteroatoms. The minimum absolute atomic E-state index is 0.00553. The molecule has 0 radical (unpaired) electrons. The van der Waals surface area contributed by atoms with Gasteiger partial charge in [0.25, 0.3) is 0 Å². The fraction of sp³-hybridized carbons (Fsp3) is 0.408. The van der Waals surface area contributed by atoms with Crippen LogP contribution in [0, 0.1) is 6.92 Å². The van der Waals surface area contributed by atoms with Gasteiger partial charge in [-0.2, -0.15) is 0 Å². The van der Waals surface area contributed by atoms with Crippen molar-refractivity contribution in [2.75, 3.05) is 4.81 Å². The number of hydrogen-bond donors (Lipinski definition) is 0. The first kappa shape index (κ1) is 47.1. The number of unbranched alkanes of at least 4 members (excludes halogenated alkanes) is 2. The average molecular weight is 956 g/mol. The maximum absolute atomic E-state index is 3.09. The van der Waals surface area contributed by atoms with E-state index in [0.717, 1.165) is 12.8 Å². The van der Waals surface area contributed by atoms with Crippen LogP contribution < -0.4 is 15.7 Å². The molecule has 6 aliphatic rings. The van der Waals surface area contributed by atoms with Crippen LogP contribution in [0.2, 0.25) is 0 Å². The van der Waals surface area contributed by atoms with Crippen LogP contribution in [0.5, 0.6) is 0 Å². The molecule has 1 saturated carbocycles. The summed E-state index contributed by atoms with van der Waals surface area (Å²) in [7, 11) is 0. The highest BCUT2D eigenvalue weighted by Crippen LogP contribution is 2.64. The van der Waals surface area contributed by atoms with Gasteiger partial charge in [0.1, 0.15) is 0 Å². The molecule has 3 atom stereocenters. The zero-order valence-electron chi connectivity index (χ0n) is 46.1. The molecule has 3 aliphatic carbocycles. The standard InChI is InChI=1S/C71H78BN/c1-12-14-24-45-29-30-50(51(37-45)47-26-17-16-18-27-47)62-55-41-48(49-28-20-19-23-44(49)3)40-52-53-38-46(25-15-13-2)39-60-66(53)73(71(11)34-22-21-33-70(60,71)10)72(65(52)55)61-32-31-56-63(64(61)62)54-42-58-59(43-57(54)69(56,8)9)68(6,7)36-35-67(58,4)5/h16-20,23,26-32,37-43,62H,12-15,21-22,24-25,33-36H2,1-11H3. The molecule has 13 rings (SSSR count). The Morgan fingerprint density at radius 2 is 1.21 bits per heavy atom. The van der Waals surface area contributed by atoms with Crippen molar-refractivity contribution in [2.24, 2.45) is 0 Å². The van der Waals surface area contributed by atoms with Gasteiger partial charge in [0.05, 0.1) is 0 Å². The maximum Gasteiger partial charge on any atom is 0.325 e. The molecular formula is C71H78BN. The first-order valence-electron chi connectivity index (χ1n) is 28.8. The van der Waals surface area contributed by atoms with Crippen LogP contribution in [0.15, 0.2) is 121 Å². The average Bonchev–Trinajstić information content (AvgIpc) is 3.74. The van der Waals surface area contributed by atoms with Crippen molar-refractivity contribution in [1.29, 1.82) is 0 Å². The highest BCUT2D eigenvalue weighted by atomic mass is 15.2. The van der Waals surface area contributed by atoms with Crippen LogP contribution in [-0.2, 0) is 34.5 Å². The van der Waals surface area contributed by atoms with Crippen LogP contribution in [-0.4, -0.2) is 12.4 Å². The molecule has 3 heterocycles. The van der Waals surface area contributed by atoms with Gasteiger partial charge in [-0.1, -0.05) is 191 Å². The minimum atomic E-state index is -0.166. The summed E-state index contributed by atoms with van der Waals surface area (Å²) in [6, 6.07) is 49.9. The first-order valence-corrected chi connectivity index (χ1v) is 28.8. The Hall–Kier alpha value is -5.60. The molecule has 1 nitrogen and oxygen atoms in total. The second-order valence-electron chi connectivity index (χ2n) is 26.2. The molecular weight excluding hydrogens is 878 g/mol. The van der Waals surface area contributed by atoms with Crippen molar-refractivity contribution in [2.45, 2.75) is 186 Å². The van der Waals surface area contributed by atoms with Gasteiger partial charge in [-0.3, -0.25) is 0 Å². The molecule has 73 heavy (non-hydrogen) atoms. The predicted molar refractivity (Wildman–Crippen MR) is 313 cm³/mol. The van der Waals surface area contributed by atoms with Crippen molar-refractivity contribution in [3.63, 3.8) is 0 Å². The summed E-state index contributed by atoms with van der Waals surface area (Å²) in [5.74, 6) is -0.00553. The van der Waals surface area contributed by atoms with Crippen LogP contribution in [0.1, 0.15) is 201 Å². The second-order valence-corrected chi connectivity index (χ2v) is 26.2. The Kier molecular flexibility index (Phi) is 10.6. The summed E-state index contributed by atoms with van der Waals surface area (Å²) < 4.78 is 0. The van der Waals surface area contributed by atoms with Crippen molar-refractivity contribution in [1.82, 2.24) is 0 Å². The molecule has 7 aromatic rings. The van der Waals surface area contributed by atoms with Crippen molar-refractivity contribution in [3.8, 4) is 44.5 Å². The van der Waals surface area contributed by atoms with E-state index in [2.05, 4.69) is 202 Å². The van der Waals surface area contributed by atoms with E-state index in [1.165, 1.54) is 159 Å². The number of anilines is 1. The zero-order chi connectivity index (χ0) is 50.6. The van der Waals surface area contributed by atoms with Crippen molar-refractivity contribution >= 4 is 23.5 Å². The Balaban J connectivity index is 1.21. The normalized spacial score (nSPS) is 22.7. The molecule has 0 bridgehead atoms. The van der Waals surface area contributed by atoms with E-state index in [9.17, 15) is 0 Å². The third kappa shape index (κ3) is 6.59. The van der Waals surface area contributed by atoms with E-state index in [4.69, 9.17) is 0 Å². The molecule has 3 aliphatic heterocycles. The van der Waals surface area contributed by atoms with E-state index in [1.54, 1.807) is 27.7 Å². The van der Waals surface area contributed by atoms with E-state index in [0.29, 0.717) is 0 Å². The highest BCUT2D eigenvalue weighted by Gasteiger charge is 2.63. The van der Waals surface area contributed by atoms with Crippen LogP contribution in [0.4, 0.5) is 5.69 Å². The third-order valence-corrected chi connectivity index (χ3v) is 20.7.